The molecule has 0 aliphatic carbocycles. The van der Waals surface area contributed by atoms with E-state index in [1.54, 1.807) is 12.3 Å². The van der Waals surface area contributed by atoms with E-state index in [0.29, 0.717) is 37.1 Å². The van der Waals surface area contributed by atoms with Gasteiger partial charge in [0, 0.05) is 57.3 Å². The highest BCUT2D eigenvalue weighted by molar-refractivity contribution is 5.94. The summed E-state index contributed by atoms with van der Waals surface area (Å²) >= 11 is 0. The zero-order valence-electron chi connectivity index (χ0n) is 18.0. The number of anilines is 1. The zero-order chi connectivity index (χ0) is 20.9. The summed E-state index contributed by atoms with van der Waals surface area (Å²) in [6, 6.07) is 10.2. The third-order valence-corrected chi connectivity index (χ3v) is 6.06. The SMILES string of the molecule is Cc1ccc(C)c(N2CCN(C(=O)c3ccc(OCC4CCOCC4)nc3)CC2)c1. The molecule has 0 N–H and O–H groups in total. The predicted molar refractivity (Wildman–Crippen MR) is 117 cm³/mol. The van der Waals surface area contributed by atoms with Gasteiger partial charge in [0.15, 0.2) is 0 Å². The number of nitrogens with zero attached hydrogens (tertiary/aromatic N) is 3. The monoisotopic (exact) mass is 409 g/mol. The molecule has 2 aromatic rings. The van der Waals surface area contributed by atoms with E-state index in [2.05, 4.69) is 41.9 Å². The Morgan fingerprint density at radius 3 is 2.57 bits per heavy atom. The molecule has 0 saturated carbocycles. The number of hydrogen-bond acceptors (Lipinski definition) is 5. The standard InChI is InChI=1S/C24H31N3O3/c1-18-3-4-19(2)22(15-18)26-9-11-27(12-10-26)24(28)21-5-6-23(25-16-21)30-17-20-7-13-29-14-8-20/h3-6,15-16,20H,7-14,17H2,1-2H3. The highest BCUT2D eigenvalue weighted by Crippen LogP contribution is 2.23. The van der Waals surface area contributed by atoms with Gasteiger partial charge < -0.3 is 19.3 Å². The van der Waals surface area contributed by atoms with Crippen LogP contribution in [0.5, 0.6) is 5.88 Å². The van der Waals surface area contributed by atoms with Crippen molar-refractivity contribution in [2.45, 2.75) is 26.7 Å². The lowest BCUT2D eigenvalue weighted by atomic mass is 10.0. The van der Waals surface area contributed by atoms with Gasteiger partial charge in [-0.3, -0.25) is 4.79 Å². The van der Waals surface area contributed by atoms with Crippen LogP contribution in [0, 0.1) is 19.8 Å². The Morgan fingerprint density at radius 2 is 1.87 bits per heavy atom. The highest BCUT2D eigenvalue weighted by Gasteiger charge is 2.23. The van der Waals surface area contributed by atoms with Gasteiger partial charge in [-0.2, -0.15) is 0 Å². The van der Waals surface area contributed by atoms with Crippen molar-refractivity contribution < 1.29 is 14.3 Å². The van der Waals surface area contributed by atoms with Gasteiger partial charge in [-0.25, -0.2) is 4.98 Å². The second-order valence-corrected chi connectivity index (χ2v) is 8.32. The number of amides is 1. The minimum Gasteiger partial charge on any atom is -0.477 e. The van der Waals surface area contributed by atoms with E-state index in [1.165, 1.54) is 16.8 Å². The van der Waals surface area contributed by atoms with E-state index < -0.39 is 0 Å². The number of aryl methyl sites for hydroxylation is 2. The molecule has 1 amide bonds. The van der Waals surface area contributed by atoms with E-state index in [0.717, 1.165) is 39.1 Å². The van der Waals surface area contributed by atoms with Crippen LogP contribution in [0.3, 0.4) is 0 Å². The first-order chi connectivity index (χ1) is 14.6. The summed E-state index contributed by atoms with van der Waals surface area (Å²) in [5.41, 5.74) is 4.43. The van der Waals surface area contributed by atoms with Crippen LogP contribution in [0.2, 0.25) is 0 Å². The Bertz CT molecular complexity index is 854. The number of rotatable bonds is 5. The number of carbonyl (C=O) groups excluding carboxylic acids is 1. The Morgan fingerprint density at radius 1 is 1.10 bits per heavy atom. The Labute approximate surface area is 178 Å². The van der Waals surface area contributed by atoms with Crippen molar-refractivity contribution in [3.63, 3.8) is 0 Å². The molecule has 4 rings (SSSR count). The quantitative estimate of drug-likeness (QED) is 0.757. The summed E-state index contributed by atoms with van der Waals surface area (Å²) in [6.07, 6.45) is 3.70. The number of pyridine rings is 1. The fourth-order valence-electron chi connectivity index (χ4n) is 4.10. The molecular formula is C24H31N3O3. The molecule has 6 heteroatoms. The van der Waals surface area contributed by atoms with E-state index >= 15 is 0 Å². The number of hydrogen-bond donors (Lipinski definition) is 0. The van der Waals surface area contributed by atoms with Crippen LogP contribution in [0.4, 0.5) is 5.69 Å². The Kier molecular flexibility index (Phi) is 6.53. The van der Waals surface area contributed by atoms with Gasteiger partial charge in [0.25, 0.3) is 5.91 Å². The molecule has 3 heterocycles. The van der Waals surface area contributed by atoms with Gasteiger partial charge in [-0.05, 0) is 55.9 Å². The number of carbonyl (C=O) groups is 1. The molecule has 0 unspecified atom stereocenters. The van der Waals surface area contributed by atoms with Gasteiger partial charge >= 0.3 is 0 Å². The van der Waals surface area contributed by atoms with E-state index in [1.807, 2.05) is 11.0 Å². The van der Waals surface area contributed by atoms with Crippen molar-refractivity contribution in [2.24, 2.45) is 5.92 Å². The maximum atomic E-state index is 12.9. The molecule has 30 heavy (non-hydrogen) atoms. The summed E-state index contributed by atoms with van der Waals surface area (Å²) in [5, 5.41) is 0. The molecule has 0 atom stereocenters. The van der Waals surface area contributed by atoms with E-state index in [4.69, 9.17) is 9.47 Å². The summed E-state index contributed by atoms with van der Waals surface area (Å²) in [5.74, 6) is 1.15. The average molecular weight is 410 g/mol. The van der Waals surface area contributed by atoms with Gasteiger partial charge in [0.1, 0.15) is 0 Å². The van der Waals surface area contributed by atoms with Crippen molar-refractivity contribution >= 4 is 11.6 Å². The first kappa shape index (κ1) is 20.7. The van der Waals surface area contributed by atoms with Crippen molar-refractivity contribution in [3.8, 4) is 5.88 Å². The molecule has 6 nitrogen and oxygen atoms in total. The summed E-state index contributed by atoms with van der Waals surface area (Å²) in [4.78, 5) is 21.5. The van der Waals surface area contributed by atoms with Gasteiger partial charge in [0.2, 0.25) is 5.88 Å². The second kappa shape index (κ2) is 9.47. The third-order valence-electron chi connectivity index (χ3n) is 6.06. The maximum Gasteiger partial charge on any atom is 0.255 e. The van der Waals surface area contributed by atoms with E-state index in [-0.39, 0.29) is 5.91 Å². The van der Waals surface area contributed by atoms with Crippen LogP contribution in [-0.2, 0) is 4.74 Å². The van der Waals surface area contributed by atoms with Crippen molar-refractivity contribution in [3.05, 3.63) is 53.2 Å². The molecule has 2 aliphatic rings. The molecule has 160 valence electrons. The summed E-state index contributed by atoms with van der Waals surface area (Å²) < 4.78 is 11.2. The first-order valence-electron chi connectivity index (χ1n) is 10.9. The smallest absolute Gasteiger partial charge is 0.255 e. The zero-order valence-corrected chi connectivity index (χ0v) is 18.0. The molecule has 1 aromatic carbocycles. The van der Waals surface area contributed by atoms with Crippen LogP contribution >= 0.6 is 0 Å². The minimum atomic E-state index is 0.0408. The average Bonchev–Trinajstić information content (AvgIpc) is 2.80. The largest absolute Gasteiger partial charge is 0.477 e. The molecule has 2 saturated heterocycles. The molecule has 0 radical (unpaired) electrons. The fourth-order valence-corrected chi connectivity index (χ4v) is 4.10. The fraction of sp³-hybridized carbons (Fsp3) is 0.500. The van der Waals surface area contributed by atoms with Crippen LogP contribution in [0.25, 0.3) is 0 Å². The molecule has 2 aliphatic heterocycles. The molecule has 2 fully saturated rings. The topological polar surface area (TPSA) is 54.9 Å². The maximum absolute atomic E-state index is 12.9. The van der Waals surface area contributed by atoms with Crippen LogP contribution in [0.15, 0.2) is 36.5 Å². The van der Waals surface area contributed by atoms with Crippen LogP contribution < -0.4 is 9.64 Å². The molecule has 0 spiro atoms. The van der Waals surface area contributed by atoms with Gasteiger partial charge in [0.05, 0.1) is 12.2 Å². The highest BCUT2D eigenvalue weighted by atomic mass is 16.5. The molecule has 0 bridgehead atoms. The third kappa shape index (κ3) is 4.93. The van der Waals surface area contributed by atoms with Crippen LogP contribution in [-0.4, -0.2) is 61.8 Å². The first-order valence-corrected chi connectivity index (χ1v) is 10.9. The van der Waals surface area contributed by atoms with E-state index in [9.17, 15) is 4.79 Å². The lowest BCUT2D eigenvalue weighted by molar-refractivity contribution is 0.0490. The summed E-state index contributed by atoms with van der Waals surface area (Å²) in [7, 11) is 0. The van der Waals surface area contributed by atoms with Crippen molar-refractivity contribution in [1.82, 2.24) is 9.88 Å². The number of ether oxygens (including phenoxy) is 2. The van der Waals surface area contributed by atoms with Gasteiger partial charge in [-0.1, -0.05) is 12.1 Å². The number of benzene rings is 1. The number of aromatic nitrogens is 1. The van der Waals surface area contributed by atoms with Crippen LogP contribution in [0.1, 0.15) is 34.3 Å². The Balaban J connectivity index is 1.30. The lowest BCUT2D eigenvalue weighted by Gasteiger charge is -2.37. The van der Waals surface area contributed by atoms with Crippen molar-refractivity contribution in [2.75, 3.05) is 50.9 Å². The minimum absolute atomic E-state index is 0.0408. The lowest BCUT2D eigenvalue weighted by Crippen LogP contribution is -2.49. The normalized spacial score (nSPS) is 17.8. The molecular weight excluding hydrogens is 378 g/mol. The Hall–Kier alpha value is -2.60. The molecule has 1 aromatic heterocycles. The summed E-state index contributed by atoms with van der Waals surface area (Å²) in [6.45, 7) is 9.66. The number of piperazine rings is 1. The van der Waals surface area contributed by atoms with Gasteiger partial charge in [-0.15, -0.1) is 0 Å². The second-order valence-electron chi connectivity index (χ2n) is 8.32. The predicted octanol–water partition coefficient (Wildman–Crippen LogP) is 3.47. The van der Waals surface area contributed by atoms with Crippen molar-refractivity contribution in [1.29, 1.82) is 0 Å².